The minimum absolute atomic E-state index is 0.0201. The molecule has 1 aromatic heterocycles. The molecule has 1 aromatic carbocycles. The Kier molecular flexibility index (Phi) is 5.73. The Morgan fingerprint density at radius 3 is 2.58 bits per heavy atom. The Morgan fingerprint density at radius 1 is 1.12 bits per heavy atom. The second kappa shape index (κ2) is 8.38. The van der Waals surface area contributed by atoms with Crippen LogP contribution < -0.4 is 0 Å². The van der Waals surface area contributed by atoms with Crippen LogP contribution in [0.25, 0.3) is 0 Å². The second-order valence-corrected chi connectivity index (χ2v) is 6.26. The van der Waals surface area contributed by atoms with Gasteiger partial charge >= 0.3 is 6.09 Å². The lowest BCUT2D eigenvalue weighted by molar-refractivity contribution is -0.126. The van der Waals surface area contributed by atoms with Crippen LogP contribution in [0.2, 0.25) is 0 Å². The molecule has 1 aliphatic rings. The smallest absolute Gasteiger partial charge is 0.410 e. The van der Waals surface area contributed by atoms with Gasteiger partial charge in [-0.25, -0.2) is 4.79 Å². The quantitative estimate of drug-likeness (QED) is 0.774. The van der Waals surface area contributed by atoms with Crippen LogP contribution in [-0.2, 0) is 16.1 Å². The number of ether oxygens (including phenoxy) is 1. The Bertz CT molecular complexity index is 777. The van der Waals surface area contributed by atoms with Crippen molar-refractivity contribution in [2.24, 2.45) is 5.92 Å². The molecule has 0 spiro atoms. The van der Waals surface area contributed by atoms with Crippen LogP contribution in [0.1, 0.15) is 28.9 Å². The Morgan fingerprint density at radius 2 is 1.88 bits per heavy atom. The number of amides is 1. The summed E-state index contributed by atoms with van der Waals surface area (Å²) in [6, 6.07) is 14.5. The molecule has 26 heavy (non-hydrogen) atoms. The lowest BCUT2D eigenvalue weighted by atomic mass is 9.90. The van der Waals surface area contributed by atoms with Gasteiger partial charge in [-0.3, -0.25) is 14.6 Å². The van der Waals surface area contributed by atoms with E-state index in [0.29, 0.717) is 18.7 Å². The van der Waals surface area contributed by atoms with Gasteiger partial charge in [-0.15, -0.1) is 0 Å². The molecule has 2 heterocycles. The molecule has 1 saturated heterocycles. The standard InChI is InChI=1S/C20H20N2O4/c23-18(17-8-4-5-10-21-17)12-16-9-11-22(13-19(16)24)20(25)26-14-15-6-2-1-3-7-15/h1-8,10,16H,9,11-14H2/t16-/m1/s1. The van der Waals surface area contributed by atoms with Gasteiger partial charge in [0.2, 0.25) is 0 Å². The summed E-state index contributed by atoms with van der Waals surface area (Å²) in [4.78, 5) is 42.1. The van der Waals surface area contributed by atoms with Crippen LogP contribution in [0.4, 0.5) is 4.79 Å². The van der Waals surface area contributed by atoms with Gasteiger partial charge in [-0.05, 0) is 24.1 Å². The summed E-state index contributed by atoms with van der Waals surface area (Å²) < 4.78 is 5.26. The van der Waals surface area contributed by atoms with Crippen LogP contribution in [0, 0.1) is 5.92 Å². The van der Waals surface area contributed by atoms with Gasteiger partial charge in [-0.2, -0.15) is 0 Å². The highest BCUT2D eigenvalue weighted by atomic mass is 16.6. The van der Waals surface area contributed by atoms with E-state index in [1.165, 1.54) is 4.90 Å². The minimum atomic E-state index is -0.503. The normalized spacial score (nSPS) is 17.0. The molecule has 6 heteroatoms. The summed E-state index contributed by atoms with van der Waals surface area (Å²) in [6.45, 7) is 0.555. The highest BCUT2D eigenvalue weighted by Crippen LogP contribution is 2.20. The average Bonchev–Trinajstić information content (AvgIpc) is 2.69. The Labute approximate surface area is 151 Å². The number of hydrogen-bond acceptors (Lipinski definition) is 5. The van der Waals surface area contributed by atoms with E-state index in [-0.39, 0.29) is 37.1 Å². The van der Waals surface area contributed by atoms with E-state index in [1.807, 2.05) is 30.3 Å². The first-order valence-corrected chi connectivity index (χ1v) is 8.56. The molecular weight excluding hydrogens is 332 g/mol. The van der Waals surface area contributed by atoms with Gasteiger partial charge in [-0.1, -0.05) is 36.4 Å². The zero-order valence-corrected chi connectivity index (χ0v) is 14.3. The van der Waals surface area contributed by atoms with Crippen molar-refractivity contribution in [3.8, 4) is 0 Å². The summed E-state index contributed by atoms with van der Waals surface area (Å²) >= 11 is 0. The topological polar surface area (TPSA) is 76.6 Å². The van der Waals surface area contributed by atoms with Crippen molar-refractivity contribution in [3.05, 3.63) is 66.0 Å². The van der Waals surface area contributed by atoms with Gasteiger partial charge in [0.15, 0.2) is 11.6 Å². The molecule has 0 bridgehead atoms. The number of ketones is 2. The zero-order valence-electron chi connectivity index (χ0n) is 14.3. The first-order chi connectivity index (χ1) is 12.6. The minimum Gasteiger partial charge on any atom is -0.445 e. The third-order valence-corrected chi connectivity index (χ3v) is 4.40. The molecule has 0 saturated carbocycles. The van der Waals surface area contributed by atoms with Crippen LogP contribution in [0.5, 0.6) is 0 Å². The highest BCUT2D eigenvalue weighted by molar-refractivity contribution is 5.98. The molecule has 1 fully saturated rings. The molecule has 1 atom stereocenters. The Hall–Kier alpha value is -3.02. The number of rotatable bonds is 5. The molecule has 0 aliphatic carbocycles. The molecule has 134 valence electrons. The summed E-state index contributed by atoms with van der Waals surface area (Å²) in [6.07, 6.45) is 1.64. The van der Waals surface area contributed by atoms with Gasteiger partial charge in [0.05, 0.1) is 6.54 Å². The van der Waals surface area contributed by atoms with Crippen molar-refractivity contribution in [2.75, 3.05) is 13.1 Å². The highest BCUT2D eigenvalue weighted by Gasteiger charge is 2.32. The molecule has 0 radical (unpaired) electrons. The van der Waals surface area contributed by atoms with E-state index < -0.39 is 6.09 Å². The maximum absolute atomic E-state index is 12.3. The van der Waals surface area contributed by atoms with Crippen LogP contribution in [0.3, 0.4) is 0 Å². The summed E-state index contributed by atoms with van der Waals surface area (Å²) in [7, 11) is 0. The number of pyridine rings is 1. The van der Waals surface area contributed by atoms with Crippen LogP contribution in [0.15, 0.2) is 54.7 Å². The second-order valence-electron chi connectivity index (χ2n) is 6.26. The van der Waals surface area contributed by atoms with Crippen molar-refractivity contribution >= 4 is 17.7 Å². The molecule has 3 rings (SSSR count). The number of carbonyl (C=O) groups excluding carboxylic acids is 3. The van der Waals surface area contributed by atoms with E-state index in [1.54, 1.807) is 24.4 Å². The number of benzene rings is 1. The van der Waals surface area contributed by atoms with E-state index in [4.69, 9.17) is 4.74 Å². The molecular formula is C20H20N2O4. The van der Waals surface area contributed by atoms with Crippen molar-refractivity contribution in [1.82, 2.24) is 9.88 Å². The third-order valence-electron chi connectivity index (χ3n) is 4.40. The molecule has 0 N–H and O–H groups in total. The first kappa shape index (κ1) is 17.8. The van der Waals surface area contributed by atoms with E-state index in [9.17, 15) is 14.4 Å². The van der Waals surface area contributed by atoms with E-state index in [2.05, 4.69) is 4.98 Å². The number of piperidine rings is 1. The van der Waals surface area contributed by atoms with Crippen LogP contribution >= 0.6 is 0 Å². The number of nitrogens with zero attached hydrogens (tertiary/aromatic N) is 2. The predicted molar refractivity (Wildman–Crippen MR) is 94.5 cm³/mol. The fourth-order valence-electron chi connectivity index (χ4n) is 2.91. The van der Waals surface area contributed by atoms with Crippen molar-refractivity contribution in [3.63, 3.8) is 0 Å². The van der Waals surface area contributed by atoms with Crippen molar-refractivity contribution < 1.29 is 19.1 Å². The molecule has 1 amide bonds. The van der Waals surface area contributed by atoms with Gasteiger partial charge < -0.3 is 9.64 Å². The van der Waals surface area contributed by atoms with Gasteiger partial charge in [0, 0.05) is 25.1 Å². The maximum atomic E-state index is 12.3. The SMILES string of the molecule is O=C(C[C@H]1CCN(C(=O)OCc2ccccc2)CC1=O)c1ccccn1. The lowest BCUT2D eigenvalue weighted by Crippen LogP contribution is -2.44. The zero-order chi connectivity index (χ0) is 18.4. The first-order valence-electron chi connectivity index (χ1n) is 8.56. The summed E-state index contributed by atoms with van der Waals surface area (Å²) in [5.41, 5.74) is 1.26. The number of hydrogen-bond donors (Lipinski definition) is 0. The fourth-order valence-corrected chi connectivity index (χ4v) is 2.91. The molecule has 1 aliphatic heterocycles. The van der Waals surface area contributed by atoms with E-state index in [0.717, 1.165) is 5.56 Å². The van der Waals surface area contributed by atoms with Crippen LogP contribution in [-0.4, -0.2) is 40.6 Å². The molecule has 6 nitrogen and oxygen atoms in total. The largest absolute Gasteiger partial charge is 0.445 e. The van der Waals surface area contributed by atoms with E-state index >= 15 is 0 Å². The predicted octanol–water partition coefficient (Wildman–Crippen LogP) is 2.88. The number of Topliss-reactive ketones (excluding diaryl/α,β-unsaturated/α-hetero) is 2. The van der Waals surface area contributed by atoms with Crippen molar-refractivity contribution in [1.29, 1.82) is 0 Å². The summed E-state index contributed by atoms with van der Waals surface area (Å²) in [5.74, 6) is -0.635. The molecule has 2 aromatic rings. The van der Waals surface area contributed by atoms with Gasteiger partial charge in [0.1, 0.15) is 12.3 Å². The van der Waals surface area contributed by atoms with Gasteiger partial charge in [0.25, 0.3) is 0 Å². The number of likely N-dealkylation sites (tertiary alicyclic amines) is 1. The fraction of sp³-hybridized carbons (Fsp3) is 0.300. The lowest BCUT2D eigenvalue weighted by Gasteiger charge is -2.29. The maximum Gasteiger partial charge on any atom is 0.410 e. The average molecular weight is 352 g/mol. The molecule has 0 unspecified atom stereocenters. The summed E-state index contributed by atoms with van der Waals surface area (Å²) in [5, 5.41) is 0. The number of carbonyl (C=O) groups is 3. The van der Waals surface area contributed by atoms with Crippen molar-refractivity contribution in [2.45, 2.75) is 19.4 Å². The number of aromatic nitrogens is 1. The third kappa shape index (κ3) is 4.53. The monoisotopic (exact) mass is 352 g/mol. The Balaban J connectivity index is 1.49.